The van der Waals surface area contributed by atoms with Crippen molar-refractivity contribution < 1.29 is 19.1 Å². The Morgan fingerprint density at radius 2 is 1.47 bits per heavy atom. The average Bonchev–Trinajstić information content (AvgIpc) is 2.79. The molecule has 0 N–H and O–H groups in total. The summed E-state index contributed by atoms with van der Waals surface area (Å²) in [6.45, 7) is 16.8. The third kappa shape index (κ3) is 12.8. The number of carbonyl (C=O) groups is 2. The maximum atomic E-state index is 12.2. The lowest BCUT2D eigenvalue weighted by atomic mass is 10.2. The number of hydrogen-bond donors (Lipinski definition) is 0. The van der Waals surface area contributed by atoms with E-state index in [1.54, 1.807) is 4.90 Å². The summed E-state index contributed by atoms with van der Waals surface area (Å²) in [4.78, 5) is 28.6. The number of carbonyl (C=O) groups excluding carboxylic acids is 2. The monoisotopic (exact) mass is 466 g/mol. The molecule has 6 nitrogen and oxygen atoms in total. The Bertz CT molecular complexity index is 666. The lowest BCUT2D eigenvalue weighted by Crippen LogP contribution is -2.51. The van der Waals surface area contributed by atoms with Gasteiger partial charge in [-0.1, -0.05) is 70.2 Å². The molecule has 1 amide bonds. The van der Waals surface area contributed by atoms with Crippen molar-refractivity contribution in [1.82, 2.24) is 9.80 Å². The number of nitrogens with zero attached hydrogens (tertiary/aromatic N) is 2. The van der Waals surface area contributed by atoms with Crippen molar-refractivity contribution in [2.24, 2.45) is 0 Å². The van der Waals surface area contributed by atoms with Crippen LogP contribution in [0.3, 0.4) is 0 Å². The molecule has 0 unspecified atom stereocenters. The van der Waals surface area contributed by atoms with Gasteiger partial charge in [0.25, 0.3) is 0 Å². The topological polar surface area (TPSA) is 59.1 Å². The van der Waals surface area contributed by atoms with Gasteiger partial charge in [0.1, 0.15) is 11.4 Å². The molecule has 2 rings (SSSR count). The van der Waals surface area contributed by atoms with Crippen LogP contribution in [-0.4, -0.2) is 65.1 Å². The second-order valence-electron chi connectivity index (χ2n) is 7.85. The molecular formula is C25H42N2O4S. The van der Waals surface area contributed by atoms with E-state index in [2.05, 4.69) is 0 Å². The molecule has 1 aliphatic heterocycles. The number of amides is 1. The first-order chi connectivity index (χ1) is 15.2. The predicted octanol–water partition coefficient (Wildman–Crippen LogP) is 5.49. The van der Waals surface area contributed by atoms with Gasteiger partial charge in [-0.3, -0.25) is 4.79 Å². The molecule has 1 heterocycles. The normalized spacial score (nSPS) is 13.2. The van der Waals surface area contributed by atoms with Crippen molar-refractivity contribution in [1.29, 1.82) is 0 Å². The molecule has 1 aromatic rings. The molecule has 0 atom stereocenters. The molecule has 0 aromatic heterocycles. The zero-order valence-electron chi connectivity index (χ0n) is 21.0. The van der Waals surface area contributed by atoms with Crippen molar-refractivity contribution in [2.75, 3.05) is 32.8 Å². The van der Waals surface area contributed by atoms with Crippen LogP contribution in [0.25, 0.3) is 0 Å². The number of thiocarbonyl (C=S) groups is 1. The van der Waals surface area contributed by atoms with E-state index in [0.717, 1.165) is 5.56 Å². The third-order valence-corrected chi connectivity index (χ3v) is 4.67. The van der Waals surface area contributed by atoms with Crippen molar-refractivity contribution >= 4 is 29.1 Å². The van der Waals surface area contributed by atoms with Gasteiger partial charge in [0.05, 0.1) is 24.6 Å². The van der Waals surface area contributed by atoms with E-state index in [4.69, 9.17) is 21.7 Å². The Labute approximate surface area is 200 Å². The molecule has 182 valence electrons. The molecule has 0 spiro atoms. The van der Waals surface area contributed by atoms with E-state index in [9.17, 15) is 9.59 Å². The summed E-state index contributed by atoms with van der Waals surface area (Å²) in [7, 11) is 0. The predicted molar refractivity (Wildman–Crippen MR) is 135 cm³/mol. The Morgan fingerprint density at radius 3 is 2.00 bits per heavy atom. The van der Waals surface area contributed by atoms with E-state index in [-0.39, 0.29) is 18.3 Å². The summed E-state index contributed by atoms with van der Waals surface area (Å²) in [6, 6.07) is 9.87. The maximum Gasteiger partial charge on any atom is 0.410 e. The second-order valence-corrected chi connectivity index (χ2v) is 8.32. The van der Waals surface area contributed by atoms with E-state index in [1.807, 2.05) is 83.7 Å². The van der Waals surface area contributed by atoms with E-state index >= 15 is 0 Å². The molecule has 0 radical (unpaired) electrons. The van der Waals surface area contributed by atoms with Gasteiger partial charge in [-0.05, 0) is 26.3 Å². The maximum absolute atomic E-state index is 12.2. The van der Waals surface area contributed by atoms with Crippen LogP contribution < -0.4 is 0 Å². The van der Waals surface area contributed by atoms with Crippen LogP contribution in [0.2, 0.25) is 0 Å². The number of ketones is 1. The quantitative estimate of drug-likeness (QED) is 0.391. The zero-order chi connectivity index (χ0) is 24.6. The molecule has 1 aromatic carbocycles. The fourth-order valence-electron chi connectivity index (χ4n) is 2.78. The summed E-state index contributed by atoms with van der Waals surface area (Å²) < 4.78 is 11.0. The fraction of sp³-hybridized carbons (Fsp3) is 0.640. The minimum Gasteiger partial charge on any atom is -0.444 e. The van der Waals surface area contributed by atoms with Crippen molar-refractivity contribution in [2.45, 2.75) is 73.5 Å². The van der Waals surface area contributed by atoms with Crippen molar-refractivity contribution in [3.8, 4) is 0 Å². The van der Waals surface area contributed by atoms with Crippen LogP contribution in [0, 0.1) is 0 Å². The minimum atomic E-state index is -0.501. The smallest absolute Gasteiger partial charge is 0.410 e. The highest BCUT2D eigenvalue weighted by molar-refractivity contribution is 7.80. The highest BCUT2D eigenvalue weighted by Gasteiger charge is 2.27. The highest BCUT2D eigenvalue weighted by Crippen LogP contribution is 2.13. The van der Waals surface area contributed by atoms with Crippen LogP contribution in [-0.2, 0) is 20.9 Å². The van der Waals surface area contributed by atoms with Gasteiger partial charge >= 0.3 is 6.09 Å². The lowest BCUT2D eigenvalue weighted by molar-refractivity contribution is -0.119. The third-order valence-electron chi connectivity index (χ3n) is 4.27. The van der Waals surface area contributed by atoms with Gasteiger partial charge in [0.2, 0.25) is 0 Å². The van der Waals surface area contributed by atoms with Crippen LogP contribution in [0.5, 0.6) is 0 Å². The molecule has 0 aliphatic carbocycles. The molecule has 1 fully saturated rings. The molecule has 1 aliphatic rings. The zero-order valence-corrected chi connectivity index (χ0v) is 21.8. The van der Waals surface area contributed by atoms with Gasteiger partial charge in [0, 0.05) is 32.6 Å². The van der Waals surface area contributed by atoms with E-state index < -0.39 is 5.60 Å². The molecule has 7 heteroatoms. The summed E-state index contributed by atoms with van der Waals surface area (Å²) in [5.74, 6) is 0.0765. The van der Waals surface area contributed by atoms with Crippen molar-refractivity contribution in [3.63, 3.8) is 0 Å². The van der Waals surface area contributed by atoms with Gasteiger partial charge in [-0.25, -0.2) is 4.79 Å². The molecule has 0 bridgehead atoms. The molecule has 0 saturated carbocycles. The second kappa shape index (κ2) is 16.6. The summed E-state index contributed by atoms with van der Waals surface area (Å²) in [6.07, 6.45) is 0.297. The molecule has 1 saturated heterocycles. The Hall–Kier alpha value is -1.99. The Balaban J connectivity index is 0.00000227. The number of benzene rings is 1. The van der Waals surface area contributed by atoms with Gasteiger partial charge in [-0.2, -0.15) is 0 Å². The van der Waals surface area contributed by atoms with E-state index in [1.165, 1.54) is 0 Å². The van der Waals surface area contributed by atoms with Crippen molar-refractivity contribution in [3.05, 3.63) is 35.9 Å². The van der Waals surface area contributed by atoms with Crippen LogP contribution in [0.4, 0.5) is 4.79 Å². The SMILES string of the molecule is CC.CC.CC(C)(C)OC(=O)N1CCN(C(=S)CC(=O)CCOCc2ccccc2)CC1. The Morgan fingerprint density at radius 1 is 0.938 bits per heavy atom. The van der Waals surface area contributed by atoms with Crippen LogP contribution in [0.15, 0.2) is 30.3 Å². The van der Waals surface area contributed by atoms with Gasteiger partial charge in [0.15, 0.2) is 0 Å². The first-order valence-corrected chi connectivity index (χ1v) is 12.0. The number of hydrogen-bond acceptors (Lipinski definition) is 5. The summed E-state index contributed by atoms with van der Waals surface area (Å²) >= 11 is 5.43. The Kier molecular flexibility index (Phi) is 15.6. The van der Waals surface area contributed by atoms with E-state index in [0.29, 0.717) is 50.8 Å². The van der Waals surface area contributed by atoms with Gasteiger partial charge < -0.3 is 19.3 Å². The summed E-state index contributed by atoms with van der Waals surface area (Å²) in [5.41, 5.74) is 0.590. The largest absolute Gasteiger partial charge is 0.444 e. The average molecular weight is 467 g/mol. The first-order valence-electron chi connectivity index (χ1n) is 11.6. The standard InChI is InChI=1S/C21H30N2O4S.2C2H6/c1-21(2,3)27-20(25)23-12-10-22(11-13-23)19(28)15-18(24)9-14-26-16-17-7-5-4-6-8-17;2*1-2/h4-8H,9-16H2,1-3H3;2*1-2H3. The number of piperazine rings is 1. The van der Waals surface area contributed by atoms with Gasteiger partial charge in [-0.15, -0.1) is 0 Å². The number of rotatable bonds is 7. The highest BCUT2D eigenvalue weighted by atomic mass is 32.1. The number of ether oxygens (including phenoxy) is 2. The minimum absolute atomic E-state index is 0.0765. The lowest BCUT2D eigenvalue weighted by Gasteiger charge is -2.36. The fourth-order valence-corrected chi connectivity index (χ4v) is 3.13. The molecular weight excluding hydrogens is 424 g/mol. The van der Waals surface area contributed by atoms with Crippen LogP contribution >= 0.6 is 12.2 Å². The molecule has 32 heavy (non-hydrogen) atoms. The van der Waals surface area contributed by atoms with Crippen LogP contribution in [0.1, 0.15) is 66.9 Å². The summed E-state index contributed by atoms with van der Waals surface area (Å²) in [5, 5.41) is 0. The first kappa shape index (κ1) is 30.0. The number of Topliss-reactive ketones (excluding diaryl/α,β-unsaturated/α-hetero) is 1.